The zero-order chi connectivity index (χ0) is 70.0. The third-order valence-corrected chi connectivity index (χ3v) is 18.2. The molecule has 0 aliphatic carbocycles. The lowest BCUT2D eigenvalue weighted by atomic mass is 10.0. The number of unbranched alkanes of at least 4 members (excludes halogenated alkanes) is 38. The summed E-state index contributed by atoms with van der Waals surface area (Å²) >= 11 is 0. The van der Waals surface area contributed by atoms with Crippen LogP contribution >= 0.6 is 7.82 Å². The minimum absolute atomic E-state index is 0.0471. The van der Waals surface area contributed by atoms with Crippen molar-refractivity contribution in [2.45, 2.75) is 367 Å². The molecule has 0 fully saturated rings. The number of rotatable bonds is 75. The summed E-state index contributed by atoms with van der Waals surface area (Å²) in [6, 6.07) is 0. The molecule has 0 saturated heterocycles. The summed E-state index contributed by atoms with van der Waals surface area (Å²) in [6.07, 6.45) is 117. The molecule has 0 aromatic rings. The summed E-state index contributed by atoms with van der Waals surface area (Å²) in [5.41, 5.74) is 5.41. The SMILES string of the molecule is CC/C=C\C/C=C\C/C=C\C/C=C\C/C=C\C/C=C\C/C=C\C/C=C\C/C=C\C/C=C\CCCCCCCCCCC(=O)OC(COC(=O)CCCCCCCCCCCCCCCCCCCCCCCCCCC/C=C\C/C=C\CCCCCCC)COP(=O)(O)OCCN. The van der Waals surface area contributed by atoms with Gasteiger partial charge >= 0.3 is 19.8 Å². The lowest BCUT2D eigenvalue weighted by molar-refractivity contribution is -0.161. The van der Waals surface area contributed by atoms with Crippen LogP contribution in [-0.2, 0) is 32.7 Å². The van der Waals surface area contributed by atoms with Crippen molar-refractivity contribution in [3.8, 4) is 0 Å². The van der Waals surface area contributed by atoms with E-state index in [1.165, 1.54) is 212 Å². The first-order valence-corrected chi connectivity index (χ1v) is 41.8. The van der Waals surface area contributed by atoms with Crippen LogP contribution in [0.25, 0.3) is 0 Å². The van der Waals surface area contributed by atoms with Gasteiger partial charge in [0.05, 0.1) is 13.2 Å². The quantitative estimate of drug-likeness (QED) is 0.0264. The van der Waals surface area contributed by atoms with Crippen molar-refractivity contribution in [3.63, 3.8) is 0 Å². The van der Waals surface area contributed by atoms with E-state index in [4.69, 9.17) is 24.3 Å². The highest BCUT2D eigenvalue weighted by atomic mass is 31.2. The molecule has 0 saturated carbocycles. The Hall–Kier alpha value is -4.11. The second-order valence-electron chi connectivity index (χ2n) is 26.6. The standard InChI is InChI=1S/C87H150NO8P/c1-3-5-7-9-11-13-15-17-19-21-23-25-27-29-31-33-35-37-39-41-42-44-46-48-50-52-54-56-58-60-62-64-66-68-70-72-74-76-78-80-87(90)96-85(84-95-97(91,92)94-82-81-88)83-93-86(89)79-77-75-73-71-69-67-65-63-61-59-57-55-53-51-49-47-45-43-40-38-36-34-32-30-28-26-24-22-20-18-16-14-12-10-8-6-4-2/h5,7,11,13,16-19,22-25,29,31,35,37,41-42,46,48,52,54,58,60,85H,3-4,6,8-10,12,14-15,20-21,26-28,30,32-34,36,38-40,43-45,47,49-51,53,55-57,59,61-84,88H2,1-2H3,(H,91,92)/b7-5-,13-11-,18-16-,19-17-,24-22-,25-23-,31-29-,37-35-,42-41-,48-46-,54-52-,60-58-. The topological polar surface area (TPSA) is 134 Å². The average molecular weight is 1370 g/mol. The first-order valence-electron chi connectivity index (χ1n) is 40.3. The zero-order valence-electron chi connectivity index (χ0n) is 62.8. The second kappa shape index (κ2) is 80.9. The van der Waals surface area contributed by atoms with E-state index in [-0.39, 0.29) is 38.6 Å². The number of nitrogens with two attached hydrogens (primary N) is 1. The van der Waals surface area contributed by atoms with Gasteiger partial charge in [-0.25, -0.2) is 4.57 Å². The Balaban J connectivity index is 3.87. The number of carbonyl (C=O) groups excluding carboxylic acids is 2. The predicted octanol–water partition coefficient (Wildman–Crippen LogP) is 27.3. The molecule has 0 radical (unpaired) electrons. The summed E-state index contributed by atoms with van der Waals surface area (Å²) in [5.74, 6) is -0.831. The molecular formula is C87H150NO8P. The van der Waals surface area contributed by atoms with E-state index >= 15 is 0 Å². The number of phosphoric ester groups is 1. The second-order valence-corrected chi connectivity index (χ2v) is 28.0. The highest BCUT2D eigenvalue weighted by Crippen LogP contribution is 2.43. The van der Waals surface area contributed by atoms with Gasteiger partial charge in [0.25, 0.3) is 0 Å². The third kappa shape index (κ3) is 80.8. The number of ether oxygens (including phenoxy) is 2. The Morgan fingerprint density at radius 1 is 0.320 bits per heavy atom. The Morgan fingerprint density at radius 2 is 0.567 bits per heavy atom. The first kappa shape index (κ1) is 92.9. The van der Waals surface area contributed by atoms with Crippen LogP contribution in [0.15, 0.2) is 146 Å². The van der Waals surface area contributed by atoms with Gasteiger partial charge in [0, 0.05) is 19.4 Å². The van der Waals surface area contributed by atoms with E-state index in [0.717, 1.165) is 116 Å². The fourth-order valence-electron chi connectivity index (χ4n) is 11.3. The lowest BCUT2D eigenvalue weighted by Gasteiger charge is -2.19. The molecule has 0 aliphatic heterocycles. The van der Waals surface area contributed by atoms with Crippen LogP contribution in [0.5, 0.6) is 0 Å². The van der Waals surface area contributed by atoms with Gasteiger partial charge in [-0.1, -0.05) is 372 Å². The molecule has 0 bridgehead atoms. The van der Waals surface area contributed by atoms with Crippen LogP contribution in [0.4, 0.5) is 0 Å². The number of phosphoric acid groups is 1. The maximum Gasteiger partial charge on any atom is 0.472 e. The van der Waals surface area contributed by atoms with Gasteiger partial charge in [-0.2, -0.15) is 0 Å². The number of allylic oxidation sites excluding steroid dienone is 24. The normalized spacial score (nSPS) is 13.6. The molecule has 0 aromatic carbocycles. The predicted molar refractivity (Wildman–Crippen MR) is 422 cm³/mol. The largest absolute Gasteiger partial charge is 0.472 e. The summed E-state index contributed by atoms with van der Waals surface area (Å²) < 4.78 is 33.3. The van der Waals surface area contributed by atoms with Gasteiger partial charge in [-0.15, -0.1) is 0 Å². The zero-order valence-corrected chi connectivity index (χ0v) is 63.7. The van der Waals surface area contributed by atoms with Gasteiger partial charge in [0.2, 0.25) is 0 Å². The van der Waals surface area contributed by atoms with Crippen LogP contribution < -0.4 is 5.73 Å². The van der Waals surface area contributed by atoms with Crippen molar-refractivity contribution in [3.05, 3.63) is 146 Å². The van der Waals surface area contributed by atoms with Crippen molar-refractivity contribution >= 4 is 19.8 Å². The van der Waals surface area contributed by atoms with E-state index in [2.05, 4.69) is 160 Å². The molecule has 0 spiro atoms. The smallest absolute Gasteiger partial charge is 0.462 e. The number of hydrogen-bond donors (Lipinski definition) is 2. The van der Waals surface area contributed by atoms with Crippen molar-refractivity contribution in [2.75, 3.05) is 26.4 Å². The Bertz CT molecular complexity index is 2110. The van der Waals surface area contributed by atoms with Crippen molar-refractivity contribution in [1.82, 2.24) is 0 Å². The van der Waals surface area contributed by atoms with E-state index < -0.39 is 26.5 Å². The van der Waals surface area contributed by atoms with Crippen LogP contribution in [0.2, 0.25) is 0 Å². The maximum atomic E-state index is 12.8. The molecule has 2 atom stereocenters. The minimum Gasteiger partial charge on any atom is -0.462 e. The lowest BCUT2D eigenvalue weighted by Crippen LogP contribution is -2.29. The molecule has 0 rings (SSSR count). The maximum absolute atomic E-state index is 12.8. The monoisotopic (exact) mass is 1370 g/mol. The number of carbonyl (C=O) groups is 2. The fourth-order valence-corrected chi connectivity index (χ4v) is 12.1. The van der Waals surface area contributed by atoms with E-state index in [1.54, 1.807) is 0 Å². The molecule has 3 N–H and O–H groups in total. The molecule has 10 heteroatoms. The molecule has 0 aliphatic rings. The molecule has 97 heavy (non-hydrogen) atoms. The molecule has 9 nitrogen and oxygen atoms in total. The average Bonchev–Trinajstić information content (AvgIpc) is 2.88. The molecule has 2 unspecified atom stereocenters. The summed E-state index contributed by atoms with van der Waals surface area (Å²) in [5, 5.41) is 0. The van der Waals surface area contributed by atoms with Crippen LogP contribution in [-0.4, -0.2) is 49.3 Å². The molecule has 0 amide bonds. The Kier molecular flexibility index (Phi) is 77.4. The third-order valence-electron chi connectivity index (χ3n) is 17.2. The Labute approximate surface area is 598 Å². The number of hydrogen-bond acceptors (Lipinski definition) is 8. The van der Waals surface area contributed by atoms with E-state index in [9.17, 15) is 19.0 Å². The van der Waals surface area contributed by atoms with Crippen LogP contribution in [0.3, 0.4) is 0 Å². The first-order chi connectivity index (χ1) is 47.8. The van der Waals surface area contributed by atoms with Crippen molar-refractivity contribution in [1.29, 1.82) is 0 Å². The van der Waals surface area contributed by atoms with Gasteiger partial charge in [-0.05, 0) is 122 Å². The molecular weight excluding hydrogens is 1220 g/mol. The Morgan fingerprint density at radius 3 is 0.845 bits per heavy atom. The molecule has 0 aromatic heterocycles. The minimum atomic E-state index is -4.41. The van der Waals surface area contributed by atoms with Crippen LogP contribution in [0.1, 0.15) is 361 Å². The highest BCUT2D eigenvalue weighted by molar-refractivity contribution is 7.47. The molecule has 0 heterocycles. The van der Waals surface area contributed by atoms with Crippen molar-refractivity contribution in [2.24, 2.45) is 5.73 Å². The highest BCUT2D eigenvalue weighted by Gasteiger charge is 2.26. The fraction of sp³-hybridized carbons (Fsp3) is 0.701. The van der Waals surface area contributed by atoms with Gasteiger partial charge in [0.1, 0.15) is 6.61 Å². The summed E-state index contributed by atoms with van der Waals surface area (Å²) in [6.45, 7) is 3.64. The summed E-state index contributed by atoms with van der Waals surface area (Å²) in [4.78, 5) is 35.5. The number of esters is 2. The summed E-state index contributed by atoms with van der Waals surface area (Å²) in [7, 11) is -4.41. The van der Waals surface area contributed by atoms with Crippen molar-refractivity contribution < 1.29 is 37.6 Å². The van der Waals surface area contributed by atoms with Gasteiger partial charge in [0.15, 0.2) is 6.10 Å². The van der Waals surface area contributed by atoms with Gasteiger partial charge in [-0.3, -0.25) is 18.6 Å². The molecule has 556 valence electrons. The van der Waals surface area contributed by atoms with E-state index in [0.29, 0.717) is 6.42 Å². The van der Waals surface area contributed by atoms with Crippen LogP contribution in [0, 0.1) is 0 Å². The van der Waals surface area contributed by atoms with Gasteiger partial charge < -0.3 is 20.1 Å². The van der Waals surface area contributed by atoms with E-state index in [1.807, 2.05) is 0 Å².